The summed E-state index contributed by atoms with van der Waals surface area (Å²) in [4.78, 5) is 0. The molecule has 1 N–H and O–H groups in total. The van der Waals surface area contributed by atoms with Crippen molar-refractivity contribution in [3.63, 3.8) is 0 Å². The third-order valence-electron chi connectivity index (χ3n) is 2.49. The molecule has 17 heavy (non-hydrogen) atoms. The molecule has 0 bridgehead atoms. The third-order valence-corrected chi connectivity index (χ3v) is 4.07. The lowest BCUT2D eigenvalue weighted by Gasteiger charge is -2.02. The summed E-state index contributed by atoms with van der Waals surface area (Å²) in [7, 11) is -3.33. The van der Waals surface area contributed by atoms with Gasteiger partial charge in [-0.25, -0.2) is 8.42 Å². The van der Waals surface area contributed by atoms with Crippen LogP contribution in [0, 0.1) is 6.92 Å². The molecule has 0 unspecified atom stereocenters. The van der Waals surface area contributed by atoms with Crippen LogP contribution in [0.3, 0.4) is 0 Å². The molecule has 5 nitrogen and oxygen atoms in total. The summed E-state index contributed by atoms with van der Waals surface area (Å²) in [6.07, 6.45) is 1.71. The van der Waals surface area contributed by atoms with Crippen molar-refractivity contribution in [1.29, 1.82) is 0 Å². The lowest BCUT2D eigenvalue weighted by molar-refractivity contribution is 0.591. The molecule has 6 heteroatoms. The van der Waals surface area contributed by atoms with E-state index in [1.54, 1.807) is 0 Å². The summed E-state index contributed by atoms with van der Waals surface area (Å²) in [5.41, 5.74) is 2.16. The average molecular weight is 251 g/mol. The van der Waals surface area contributed by atoms with E-state index < -0.39 is 9.84 Å². The molecule has 0 saturated heterocycles. The quantitative estimate of drug-likeness (QED) is 0.883. The van der Waals surface area contributed by atoms with Crippen LogP contribution in [0.4, 0.5) is 0 Å². The summed E-state index contributed by atoms with van der Waals surface area (Å²) in [5, 5.41) is 9.40. The Kier molecular flexibility index (Phi) is 3.23. The van der Waals surface area contributed by atoms with Gasteiger partial charge in [-0.15, -0.1) is 5.10 Å². The zero-order chi connectivity index (χ0) is 12.3. The van der Waals surface area contributed by atoms with Gasteiger partial charge in [0.05, 0.1) is 11.9 Å². The van der Waals surface area contributed by atoms with Crippen molar-refractivity contribution in [1.82, 2.24) is 15.4 Å². The van der Waals surface area contributed by atoms with E-state index in [2.05, 4.69) is 15.4 Å². The number of aromatic amines is 1. The lowest BCUT2D eigenvalue weighted by Crippen LogP contribution is -2.09. The number of hydrogen-bond acceptors (Lipinski definition) is 4. The molecule has 1 heterocycles. The van der Waals surface area contributed by atoms with E-state index in [0.717, 1.165) is 11.1 Å². The Morgan fingerprint density at radius 3 is 2.53 bits per heavy atom. The van der Waals surface area contributed by atoms with Gasteiger partial charge in [0.25, 0.3) is 0 Å². The minimum atomic E-state index is -3.33. The van der Waals surface area contributed by atoms with Gasteiger partial charge in [-0.2, -0.15) is 10.3 Å². The van der Waals surface area contributed by atoms with Gasteiger partial charge in [0.2, 0.25) is 0 Å². The Balaban J connectivity index is 2.06. The van der Waals surface area contributed by atoms with Gasteiger partial charge in [0, 0.05) is 0 Å². The molecule has 1 aromatic carbocycles. The van der Waals surface area contributed by atoms with Gasteiger partial charge in [-0.1, -0.05) is 29.8 Å². The third kappa shape index (κ3) is 2.91. The van der Waals surface area contributed by atoms with Crippen molar-refractivity contribution in [2.75, 3.05) is 5.75 Å². The molecule has 0 saturated carbocycles. The number of benzene rings is 1. The Morgan fingerprint density at radius 1 is 1.24 bits per heavy atom. The second-order valence-corrected chi connectivity index (χ2v) is 5.92. The molecule has 0 amide bonds. The van der Waals surface area contributed by atoms with E-state index in [1.165, 1.54) is 6.20 Å². The maximum atomic E-state index is 11.8. The van der Waals surface area contributed by atoms with E-state index in [1.807, 2.05) is 31.2 Å². The van der Waals surface area contributed by atoms with E-state index in [9.17, 15) is 8.42 Å². The SMILES string of the molecule is Cc1ccc(CCS(=O)(=O)c2cn[nH]n2)cc1. The Hall–Kier alpha value is -1.69. The smallest absolute Gasteiger partial charge is 0.199 e. The monoisotopic (exact) mass is 251 g/mol. The first-order valence-corrected chi connectivity index (χ1v) is 6.87. The van der Waals surface area contributed by atoms with Gasteiger partial charge in [0.15, 0.2) is 14.9 Å². The fraction of sp³-hybridized carbons (Fsp3) is 0.273. The first-order chi connectivity index (χ1) is 8.08. The molecule has 0 fully saturated rings. The van der Waals surface area contributed by atoms with Gasteiger partial charge in [0.1, 0.15) is 0 Å². The van der Waals surface area contributed by atoms with E-state index in [4.69, 9.17) is 0 Å². The van der Waals surface area contributed by atoms with Crippen LogP contribution >= 0.6 is 0 Å². The number of nitrogens with one attached hydrogen (secondary N) is 1. The number of H-pyrrole nitrogens is 1. The summed E-state index contributed by atoms with van der Waals surface area (Å²) >= 11 is 0. The Bertz CT molecular complexity index is 574. The molecule has 90 valence electrons. The Labute approximate surface area is 99.8 Å². The van der Waals surface area contributed by atoms with E-state index in [-0.39, 0.29) is 10.8 Å². The second-order valence-electron chi connectivity index (χ2n) is 3.86. The van der Waals surface area contributed by atoms with E-state index >= 15 is 0 Å². The largest absolute Gasteiger partial charge is 0.222 e. The molecule has 0 aliphatic heterocycles. The van der Waals surface area contributed by atoms with Crippen molar-refractivity contribution >= 4 is 9.84 Å². The second kappa shape index (κ2) is 4.67. The predicted octanol–water partition coefficient (Wildman–Crippen LogP) is 1.13. The topological polar surface area (TPSA) is 75.7 Å². The summed E-state index contributed by atoms with van der Waals surface area (Å²) in [6.45, 7) is 2.00. The maximum Gasteiger partial charge on any atom is 0.199 e. The fourth-order valence-electron chi connectivity index (χ4n) is 1.45. The van der Waals surface area contributed by atoms with Crippen molar-refractivity contribution in [3.8, 4) is 0 Å². The highest BCUT2D eigenvalue weighted by atomic mass is 32.2. The molecule has 0 radical (unpaired) electrons. The van der Waals surface area contributed by atoms with Crippen molar-refractivity contribution in [2.24, 2.45) is 0 Å². The van der Waals surface area contributed by atoms with Crippen LogP contribution in [0.15, 0.2) is 35.5 Å². The number of aryl methyl sites for hydroxylation is 2. The molecule has 0 atom stereocenters. The minimum Gasteiger partial charge on any atom is -0.222 e. The van der Waals surface area contributed by atoms with Crippen LogP contribution in [0.5, 0.6) is 0 Å². The molecule has 2 rings (SSSR count). The average Bonchev–Trinajstić information content (AvgIpc) is 2.82. The highest BCUT2D eigenvalue weighted by Gasteiger charge is 2.17. The minimum absolute atomic E-state index is 0.00427. The summed E-state index contributed by atoms with van der Waals surface area (Å²) in [5.74, 6) is 0.0442. The lowest BCUT2D eigenvalue weighted by atomic mass is 10.1. The molecule has 0 spiro atoms. The molecular formula is C11H13N3O2S. The van der Waals surface area contributed by atoms with Crippen LogP contribution < -0.4 is 0 Å². The predicted molar refractivity (Wildman–Crippen MR) is 63.3 cm³/mol. The van der Waals surface area contributed by atoms with Crippen molar-refractivity contribution in [3.05, 3.63) is 41.6 Å². The highest BCUT2D eigenvalue weighted by molar-refractivity contribution is 7.91. The normalized spacial score (nSPS) is 11.6. The van der Waals surface area contributed by atoms with Crippen LogP contribution in [0.1, 0.15) is 11.1 Å². The molecule has 1 aromatic heterocycles. The fourth-order valence-corrected chi connectivity index (χ4v) is 2.56. The summed E-state index contributed by atoms with van der Waals surface area (Å²) < 4.78 is 23.6. The number of sulfone groups is 1. The van der Waals surface area contributed by atoms with Crippen LogP contribution in [-0.2, 0) is 16.3 Å². The van der Waals surface area contributed by atoms with Gasteiger partial charge >= 0.3 is 0 Å². The van der Waals surface area contributed by atoms with Crippen LogP contribution in [-0.4, -0.2) is 29.6 Å². The number of rotatable bonds is 4. The van der Waals surface area contributed by atoms with Crippen molar-refractivity contribution in [2.45, 2.75) is 18.4 Å². The van der Waals surface area contributed by atoms with Gasteiger partial charge in [-0.3, -0.25) is 0 Å². The number of aromatic nitrogens is 3. The highest BCUT2D eigenvalue weighted by Crippen LogP contribution is 2.09. The first-order valence-electron chi connectivity index (χ1n) is 5.22. The maximum absolute atomic E-state index is 11.8. The standard InChI is InChI=1S/C11H13N3O2S/c1-9-2-4-10(5-3-9)6-7-17(15,16)11-8-12-14-13-11/h2-5,8H,6-7H2,1H3,(H,12,13,14). The van der Waals surface area contributed by atoms with Crippen molar-refractivity contribution < 1.29 is 8.42 Å². The first kappa shape index (κ1) is 11.8. The molecule has 2 aromatic rings. The van der Waals surface area contributed by atoms with Gasteiger partial charge in [-0.05, 0) is 18.9 Å². The van der Waals surface area contributed by atoms with Crippen LogP contribution in [0.2, 0.25) is 0 Å². The molecule has 0 aliphatic carbocycles. The van der Waals surface area contributed by atoms with Crippen LogP contribution in [0.25, 0.3) is 0 Å². The number of nitrogens with zero attached hydrogens (tertiary/aromatic N) is 2. The van der Waals surface area contributed by atoms with E-state index in [0.29, 0.717) is 6.42 Å². The molecule has 0 aliphatic rings. The Morgan fingerprint density at radius 2 is 1.94 bits per heavy atom. The zero-order valence-corrected chi connectivity index (χ0v) is 10.2. The number of hydrogen-bond donors (Lipinski definition) is 1. The zero-order valence-electron chi connectivity index (χ0n) is 9.42. The van der Waals surface area contributed by atoms with Gasteiger partial charge < -0.3 is 0 Å². The molecular weight excluding hydrogens is 238 g/mol. The summed E-state index contributed by atoms with van der Waals surface area (Å²) in [6, 6.07) is 7.82.